The maximum absolute atomic E-state index is 13.0. The van der Waals surface area contributed by atoms with Gasteiger partial charge in [0, 0.05) is 30.5 Å². The minimum Gasteiger partial charge on any atom is -0.497 e. The van der Waals surface area contributed by atoms with Crippen LogP contribution in [0.4, 0.5) is 5.69 Å². The number of hydrogen-bond donors (Lipinski definition) is 1. The van der Waals surface area contributed by atoms with E-state index >= 15 is 0 Å². The molecule has 3 aromatic rings. The molecule has 0 atom stereocenters. The third kappa shape index (κ3) is 5.55. The van der Waals surface area contributed by atoms with Crippen molar-refractivity contribution in [3.8, 4) is 5.75 Å². The number of nitrogens with zero attached hydrogens (tertiary/aromatic N) is 3. The lowest BCUT2D eigenvalue weighted by molar-refractivity contribution is 0.0690. The van der Waals surface area contributed by atoms with E-state index in [0.29, 0.717) is 42.5 Å². The van der Waals surface area contributed by atoms with Gasteiger partial charge in [-0.25, -0.2) is 9.97 Å². The third-order valence-electron chi connectivity index (χ3n) is 5.99. The summed E-state index contributed by atoms with van der Waals surface area (Å²) in [5.74, 6) is 1.57. The Kier molecular flexibility index (Phi) is 6.98. The van der Waals surface area contributed by atoms with Gasteiger partial charge in [0.25, 0.3) is 11.8 Å². The van der Waals surface area contributed by atoms with Crippen LogP contribution in [0.25, 0.3) is 0 Å². The highest BCUT2D eigenvalue weighted by atomic mass is 16.5. The van der Waals surface area contributed by atoms with E-state index in [4.69, 9.17) is 4.74 Å². The predicted octanol–water partition coefficient (Wildman–Crippen LogP) is 4.14. The van der Waals surface area contributed by atoms with Crippen LogP contribution in [0.2, 0.25) is 0 Å². The normalized spacial score (nSPS) is 14.1. The van der Waals surface area contributed by atoms with Crippen LogP contribution in [0.3, 0.4) is 0 Å². The summed E-state index contributed by atoms with van der Waals surface area (Å²) in [5.41, 5.74) is 2.64. The summed E-state index contributed by atoms with van der Waals surface area (Å²) in [4.78, 5) is 36.4. The van der Waals surface area contributed by atoms with E-state index in [2.05, 4.69) is 15.3 Å². The topological polar surface area (TPSA) is 84.4 Å². The van der Waals surface area contributed by atoms with Crippen molar-refractivity contribution < 1.29 is 14.3 Å². The molecule has 1 aliphatic rings. The summed E-state index contributed by atoms with van der Waals surface area (Å²) in [7, 11) is 1.60. The average Bonchev–Trinajstić information content (AvgIpc) is 2.85. The van der Waals surface area contributed by atoms with Gasteiger partial charge in [0.1, 0.15) is 11.6 Å². The van der Waals surface area contributed by atoms with Crippen LogP contribution in [0.1, 0.15) is 45.1 Å². The highest BCUT2D eigenvalue weighted by Gasteiger charge is 2.25. The molecular formula is C26H28N4O3. The van der Waals surface area contributed by atoms with Gasteiger partial charge in [-0.05, 0) is 68.5 Å². The second-order valence-corrected chi connectivity index (χ2v) is 8.27. The molecule has 1 fully saturated rings. The van der Waals surface area contributed by atoms with E-state index < -0.39 is 0 Å². The van der Waals surface area contributed by atoms with Gasteiger partial charge in [-0.3, -0.25) is 9.59 Å². The summed E-state index contributed by atoms with van der Waals surface area (Å²) in [5, 5.41) is 2.92. The first kappa shape index (κ1) is 22.5. The monoisotopic (exact) mass is 444 g/mol. The van der Waals surface area contributed by atoms with E-state index in [1.54, 1.807) is 37.6 Å². The largest absolute Gasteiger partial charge is 0.497 e. The molecule has 1 aliphatic heterocycles. The molecular weight excluding hydrogens is 416 g/mol. The van der Waals surface area contributed by atoms with Crippen molar-refractivity contribution in [2.24, 2.45) is 5.92 Å². The fraction of sp³-hybridized carbons (Fsp3) is 0.308. The van der Waals surface area contributed by atoms with Crippen LogP contribution in [0.15, 0.2) is 60.8 Å². The molecule has 0 spiro atoms. The molecule has 2 heterocycles. The van der Waals surface area contributed by atoms with Gasteiger partial charge < -0.3 is 15.0 Å². The molecule has 7 nitrogen and oxygen atoms in total. The van der Waals surface area contributed by atoms with Crippen LogP contribution in [0, 0.1) is 12.8 Å². The van der Waals surface area contributed by atoms with Gasteiger partial charge in [0.05, 0.1) is 18.4 Å². The SMILES string of the molecule is COc1ccc(NC(=O)c2cnc(C)nc2CC2CCN(C(=O)c3ccccc3)CC2)cc1. The van der Waals surface area contributed by atoms with Crippen LogP contribution in [0.5, 0.6) is 5.75 Å². The molecule has 1 saturated heterocycles. The number of likely N-dealkylation sites (tertiary alicyclic amines) is 1. The van der Waals surface area contributed by atoms with E-state index in [-0.39, 0.29) is 11.8 Å². The van der Waals surface area contributed by atoms with Crippen molar-refractivity contribution in [2.45, 2.75) is 26.2 Å². The summed E-state index contributed by atoms with van der Waals surface area (Å²) >= 11 is 0. The van der Waals surface area contributed by atoms with Crippen LogP contribution >= 0.6 is 0 Å². The number of rotatable bonds is 6. The quantitative estimate of drug-likeness (QED) is 0.618. The Morgan fingerprint density at radius 1 is 1.06 bits per heavy atom. The maximum atomic E-state index is 13.0. The number of hydrogen-bond acceptors (Lipinski definition) is 5. The third-order valence-corrected chi connectivity index (χ3v) is 5.99. The molecule has 0 radical (unpaired) electrons. The Balaban J connectivity index is 1.40. The lowest BCUT2D eigenvalue weighted by atomic mass is 9.90. The van der Waals surface area contributed by atoms with Gasteiger partial charge in [-0.2, -0.15) is 0 Å². The minimum atomic E-state index is -0.230. The van der Waals surface area contributed by atoms with Crippen LogP contribution in [-0.2, 0) is 6.42 Å². The molecule has 0 aliphatic carbocycles. The van der Waals surface area contributed by atoms with Crippen molar-refractivity contribution >= 4 is 17.5 Å². The summed E-state index contributed by atoms with van der Waals surface area (Å²) < 4.78 is 5.17. The highest BCUT2D eigenvalue weighted by molar-refractivity contribution is 6.04. The molecule has 1 aromatic heterocycles. The van der Waals surface area contributed by atoms with E-state index in [1.165, 1.54) is 0 Å². The summed E-state index contributed by atoms with van der Waals surface area (Å²) in [6.45, 7) is 3.24. The Morgan fingerprint density at radius 3 is 2.42 bits per heavy atom. The van der Waals surface area contributed by atoms with Gasteiger partial charge in [-0.1, -0.05) is 18.2 Å². The molecule has 7 heteroatoms. The van der Waals surface area contributed by atoms with Gasteiger partial charge in [0.15, 0.2) is 0 Å². The number of carbonyl (C=O) groups excluding carboxylic acids is 2. The smallest absolute Gasteiger partial charge is 0.259 e. The second-order valence-electron chi connectivity index (χ2n) is 8.27. The number of piperidine rings is 1. The number of anilines is 1. The van der Waals surface area contributed by atoms with Gasteiger partial charge in [0.2, 0.25) is 0 Å². The zero-order valence-corrected chi connectivity index (χ0v) is 19.0. The highest BCUT2D eigenvalue weighted by Crippen LogP contribution is 2.24. The van der Waals surface area contributed by atoms with Crippen molar-refractivity contribution in [2.75, 3.05) is 25.5 Å². The van der Waals surface area contributed by atoms with Gasteiger partial charge in [-0.15, -0.1) is 0 Å². The van der Waals surface area contributed by atoms with E-state index in [1.807, 2.05) is 42.2 Å². The summed E-state index contributed by atoms with van der Waals surface area (Å²) in [6.07, 6.45) is 4.04. The van der Waals surface area contributed by atoms with Crippen LogP contribution in [-0.4, -0.2) is 46.9 Å². The lowest BCUT2D eigenvalue weighted by Gasteiger charge is -2.32. The van der Waals surface area contributed by atoms with E-state index in [9.17, 15) is 9.59 Å². The average molecular weight is 445 g/mol. The predicted molar refractivity (Wildman–Crippen MR) is 126 cm³/mol. The summed E-state index contributed by atoms with van der Waals surface area (Å²) in [6, 6.07) is 16.6. The first-order chi connectivity index (χ1) is 16.0. The Labute approximate surface area is 193 Å². The van der Waals surface area contributed by atoms with Crippen molar-refractivity contribution in [3.63, 3.8) is 0 Å². The molecule has 33 heavy (non-hydrogen) atoms. The molecule has 0 unspecified atom stereocenters. The molecule has 0 bridgehead atoms. The number of ether oxygens (including phenoxy) is 1. The number of amides is 2. The molecule has 1 N–H and O–H groups in total. The fourth-order valence-electron chi connectivity index (χ4n) is 4.11. The zero-order valence-electron chi connectivity index (χ0n) is 19.0. The lowest BCUT2D eigenvalue weighted by Crippen LogP contribution is -2.39. The molecule has 2 amide bonds. The first-order valence-electron chi connectivity index (χ1n) is 11.2. The van der Waals surface area contributed by atoms with Crippen molar-refractivity contribution in [3.05, 3.63) is 83.4 Å². The molecule has 2 aromatic carbocycles. The fourth-order valence-corrected chi connectivity index (χ4v) is 4.11. The number of nitrogens with one attached hydrogen (secondary N) is 1. The van der Waals surface area contributed by atoms with Crippen molar-refractivity contribution in [1.82, 2.24) is 14.9 Å². The zero-order chi connectivity index (χ0) is 23.2. The number of carbonyl (C=O) groups is 2. The standard InChI is InChI=1S/C26H28N4O3/c1-18-27-17-23(25(31)29-21-8-10-22(33-2)11-9-21)24(28-18)16-19-12-14-30(15-13-19)26(32)20-6-4-3-5-7-20/h3-11,17,19H,12-16H2,1-2H3,(H,29,31). The Bertz CT molecular complexity index is 1110. The molecule has 0 saturated carbocycles. The van der Waals surface area contributed by atoms with E-state index in [0.717, 1.165) is 29.8 Å². The molecule has 170 valence electrons. The number of benzene rings is 2. The number of aryl methyl sites for hydroxylation is 1. The maximum Gasteiger partial charge on any atom is 0.259 e. The Hall–Kier alpha value is -3.74. The minimum absolute atomic E-state index is 0.0755. The Morgan fingerprint density at radius 2 is 1.76 bits per heavy atom. The molecule has 4 rings (SSSR count). The van der Waals surface area contributed by atoms with Crippen molar-refractivity contribution in [1.29, 1.82) is 0 Å². The number of aromatic nitrogens is 2. The number of methoxy groups -OCH3 is 1. The van der Waals surface area contributed by atoms with Gasteiger partial charge >= 0.3 is 0 Å². The van der Waals surface area contributed by atoms with Crippen LogP contribution < -0.4 is 10.1 Å². The second kappa shape index (κ2) is 10.3. The first-order valence-corrected chi connectivity index (χ1v) is 11.2.